The highest BCUT2D eigenvalue weighted by molar-refractivity contribution is 5.69. The van der Waals surface area contributed by atoms with E-state index in [4.69, 9.17) is 4.74 Å². The van der Waals surface area contributed by atoms with E-state index >= 15 is 0 Å². The van der Waals surface area contributed by atoms with Crippen LogP contribution in [0.5, 0.6) is 5.88 Å². The van der Waals surface area contributed by atoms with Crippen LogP contribution in [0.2, 0.25) is 0 Å². The van der Waals surface area contributed by atoms with Crippen LogP contribution in [0.3, 0.4) is 0 Å². The molecule has 152 valence electrons. The Kier molecular flexibility index (Phi) is 5.32. The molecule has 0 saturated heterocycles. The molecular formula is C22H27N5O2. The number of nitrogens with zero attached hydrogens (tertiary/aromatic N) is 5. The van der Waals surface area contributed by atoms with E-state index in [1.807, 2.05) is 26.4 Å². The smallest absolute Gasteiger partial charge is 0.224 e. The number of aryl methyl sites for hydroxylation is 3. The first kappa shape index (κ1) is 19.5. The van der Waals surface area contributed by atoms with Gasteiger partial charge in [0.2, 0.25) is 5.88 Å². The maximum atomic E-state index is 10.1. The van der Waals surface area contributed by atoms with Gasteiger partial charge in [-0.05, 0) is 38.3 Å². The second-order valence-corrected chi connectivity index (χ2v) is 7.77. The molecule has 3 heterocycles. The van der Waals surface area contributed by atoms with E-state index in [0.717, 1.165) is 29.7 Å². The fourth-order valence-corrected chi connectivity index (χ4v) is 3.61. The highest BCUT2D eigenvalue weighted by atomic mass is 16.5. The monoisotopic (exact) mass is 393 g/mol. The van der Waals surface area contributed by atoms with Gasteiger partial charge in [0.05, 0.1) is 24.0 Å². The summed E-state index contributed by atoms with van der Waals surface area (Å²) in [6.45, 7) is 6.26. The Morgan fingerprint density at radius 3 is 2.76 bits per heavy atom. The lowest BCUT2D eigenvalue weighted by Gasteiger charge is -2.11. The van der Waals surface area contributed by atoms with Gasteiger partial charge in [-0.1, -0.05) is 13.0 Å². The van der Waals surface area contributed by atoms with Gasteiger partial charge < -0.3 is 9.84 Å². The lowest BCUT2D eigenvalue weighted by Crippen LogP contribution is -2.06. The topological polar surface area (TPSA) is 86.0 Å². The molecule has 0 aliphatic heterocycles. The van der Waals surface area contributed by atoms with Crippen molar-refractivity contribution in [2.24, 2.45) is 13.0 Å². The third-order valence-electron chi connectivity index (χ3n) is 5.41. The van der Waals surface area contributed by atoms with Crippen LogP contribution in [-0.4, -0.2) is 36.4 Å². The molecule has 7 nitrogen and oxygen atoms in total. The van der Waals surface area contributed by atoms with Crippen LogP contribution in [0.15, 0.2) is 30.7 Å². The van der Waals surface area contributed by atoms with Crippen molar-refractivity contribution < 1.29 is 9.84 Å². The summed E-state index contributed by atoms with van der Waals surface area (Å²) in [6, 6.07) is 4.29. The van der Waals surface area contributed by atoms with Crippen molar-refractivity contribution in [3.63, 3.8) is 0 Å². The number of ether oxygens (including phenoxy) is 1. The summed E-state index contributed by atoms with van der Waals surface area (Å²) < 4.78 is 7.82. The maximum Gasteiger partial charge on any atom is 0.224 e. The van der Waals surface area contributed by atoms with E-state index in [9.17, 15) is 5.11 Å². The van der Waals surface area contributed by atoms with Crippen LogP contribution in [0.4, 0.5) is 0 Å². The zero-order valence-electron chi connectivity index (χ0n) is 17.3. The Bertz CT molecular complexity index is 997. The Morgan fingerprint density at radius 1 is 1.24 bits per heavy atom. The van der Waals surface area contributed by atoms with Crippen LogP contribution >= 0.6 is 0 Å². The Labute approximate surface area is 170 Å². The highest BCUT2D eigenvalue weighted by Gasteiger charge is 2.40. The summed E-state index contributed by atoms with van der Waals surface area (Å²) in [7, 11) is 1.83. The van der Waals surface area contributed by atoms with Crippen molar-refractivity contribution in [2.45, 2.75) is 45.6 Å². The largest absolute Gasteiger partial charge is 0.477 e. The number of aromatic nitrogens is 5. The number of aliphatic hydroxyl groups excluding tert-OH is 1. The molecule has 1 N–H and O–H groups in total. The zero-order chi connectivity index (χ0) is 20.5. The van der Waals surface area contributed by atoms with Gasteiger partial charge >= 0.3 is 0 Å². The predicted molar refractivity (Wildman–Crippen MR) is 110 cm³/mol. The summed E-state index contributed by atoms with van der Waals surface area (Å²) >= 11 is 0. The summed E-state index contributed by atoms with van der Waals surface area (Å²) in [4.78, 5) is 13.4. The van der Waals surface area contributed by atoms with E-state index in [1.54, 1.807) is 17.8 Å². The molecule has 1 aliphatic rings. The van der Waals surface area contributed by atoms with Gasteiger partial charge in [-0.3, -0.25) is 9.67 Å². The van der Waals surface area contributed by atoms with Crippen LogP contribution in [0.25, 0.3) is 11.1 Å². The number of aliphatic hydroxyl groups is 1. The Balaban J connectivity index is 1.51. The molecule has 3 aromatic heterocycles. The van der Waals surface area contributed by atoms with Crippen molar-refractivity contribution in [1.82, 2.24) is 24.7 Å². The number of hydrogen-bond donors (Lipinski definition) is 1. The van der Waals surface area contributed by atoms with Gasteiger partial charge in [0.1, 0.15) is 5.82 Å². The summed E-state index contributed by atoms with van der Waals surface area (Å²) in [5.74, 6) is 2.06. The van der Waals surface area contributed by atoms with Gasteiger partial charge in [0, 0.05) is 48.7 Å². The third kappa shape index (κ3) is 4.15. The molecule has 29 heavy (non-hydrogen) atoms. The second kappa shape index (κ2) is 7.91. The molecule has 1 aliphatic carbocycles. The quantitative estimate of drug-likeness (QED) is 0.662. The number of rotatable bonds is 7. The summed E-state index contributed by atoms with van der Waals surface area (Å²) in [5, 5.41) is 14.5. The van der Waals surface area contributed by atoms with Crippen molar-refractivity contribution >= 4 is 0 Å². The summed E-state index contributed by atoms with van der Waals surface area (Å²) in [6.07, 6.45) is 6.97. The zero-order valence-corrected chi connectivity index (χ0v) is 17.3. The van der Waals surface area contributed by atoms with Crippen molar-refractivity contribution in [2.75, 3.05) is 6.61 Å². The molecule has 3 aromatic rings. The fraction of sp³-hybridized carbons (Fsp3) is 0.455. The number of pyridine rings is 1. The summed E-state index contributed by atoms with van der Waals surface area (Å²) in [5.41, 5.74) is 4.53. The van der Waals surface area contributed by atoms with E-state index in [1.165, 1.54) is 5.56 Å². The van der Waals surface area contributed by atoms with Crippen LogP contribution in [0.1, 0.15) is 55.1 Å². The molecule has 0 amide bonds. The number of hydrogen-bond acceptors (Lipinski definition) is 6. The molecule has 1 unspecified atom stereocenters. The van der Waals surface area contributed by atoms with Crippen molar-refractivity contribution in [3.05, 3.63) is 53.5 Å². The first-order valence-electron chi connectivity index (χ1n) is 10.1. The minimum Gasteiger partial charge on any atom is -0.477 e. The highest BCUT2D eigenvalue weighted by Crippen LogP contribution is 2.47. The first-order chi connectivity index (χ1) is 14.0. The fourth-order valence-electron chi connectivity index (χ4n) is 3.61. The van der Waals surface area contributed by atoms with Crippen LogP contribution < -0.4 is 4.74 Å². The van der Waals surface area contributed by atoms with Gasteiger partial charge in [-0.2, -0.15) is 10.1 Å². The van der Waals surface area contributed by atoms with Gasteiger partial charge in [-0.15, -0.1) is 0 Å². The molecule has 0 radical (unpaired) electrons. The first-order valence-corrected chi connectivity index (χ1v) is 10.1. The lowest BCUT2D eigenvalue weighted by molar-refractivity contribution is 0.194. The molecule has 1 fully saturated rings. The van der Waals surface area contributed by atoms with Crippen LogP contribution in [-0.2, 0) is 13.5 Å². The van der Waals surface area contributed by atoms with E-state index in [-0.39, 0.29) is 0 Å². The third-order valence-corrected chi connectivity index (χ3v) is 5.41. The van der Waals surface area contributed by atoms with Gasteiger partial charge in [-0.25, -0.2) is 4.98 Å². The Hall–Kier alpha value is -2.80. The molecule has 1 saturated carbocycles. The molecule has 0 spiro atoms. The predicted octanol–water partition coefficient (Wildman–Crippen LogP) is 3.38. The van der Waals surface area contributed by atoms with E-state index in [0.29, 0.717) is 35.8 Å². The molecule has 0 aromatic carbocycles. The lowest BCUT2D eigenvalue weighted by atomic mass is 10.1. The van der Waals surface area contributed by atoms with Crippen molar-refractivity contribution in [3.8, 4) is 17.0 Å². The average Bonchev–Trinajstić information content (AvgIpc) is 3.38. The average molecular weight is 393 g/mol. The van der Waals surface area contributed by atoms with Crippen molar-refractivity contribution in [1.29, 1.82) is 0 Å². The van der Waals surface area contributed by atoms with Gasteiger partial charge in [0.25, 0.3) is 0 Å². The van der Waals surface area contributed by atoms with E-state index in [2.05, 4.69) is 39.1 Å². The standard InChI is InChI=1S/C22H27N5O2/c1-5-15-6-7-20(24-9-15)17-8-16(17)12-29-22-18(10-23-14(3)25-22)19-11-27(4)26-21(19)13(2)28/h6-7,9-11,13,16-17,28H,5,8,12H2,1-4H3/t13?,16-,17+/m1/s1. The van der Waals surface area contributed by atoms with Gasteiger partial charge in [0.15, 0.2) is 0 Å². The van der Waals surface area contributed by atoms with Crippen LogP contribution in [0, 0.1) is 12.8 Å². The Morgan fingerprint density at radius 2 is 2.07 bits per heavy atom. The molecule has 3 atom stereocenters. The van der Waals surface area contributed by atoms with E-state index < -0.39 is 6.10 Å². The minimum atomic E-state index is -0.690. The SMILES string of the molecule is CCc1ccc([C@H]2C[C@@H]2COc2nc(C)ncc2-c2cn(C)nc2C(C)O)nc1. The molecule has 7 heteroatoms. The molecule has 4 rings (SSSR count). The minimum absolute atomic E-state index is 0.434. The molecule has 0 bridgehead atoms. The second-order valence-electron chi connectivity index (χ2n) is 7.77. The normalized spacial score (nSPS) is 19.2. The molecular weight excluding hydrogens is 366 g/mol. The maximum absolute atomic E-state index is 10.1.